The van der Waals surface area contributed by atoms with Gasteiger partial charge in [-0.25, -0.2) is 0 Å². The molecular weight excluding hydrogens is 210 g/mol. The van der Waals surface area contributed by atoms with Crippen molar-refractivity contribution >= 4 is 11.4 Å². The lowest BCUT2D eigenvalue weighted by atomic mass is 10.1. The van der Waals surface area contributed by atoms with Crippen LogP contribution in [-0.4, -0.2) is 13.1 Å². The van der Waals surface area contributed by atoms with Gasteiger partial charge in [0.05, 0.1) is 12.5 Å². The zero-order chi connectivity index (χ0) is 12.3. The van der Waals surface area contributed by atoms with E-state index in [1.54, 1.807) is 0 Å². The Kier molecular flexibility index (Phi) is 3.53. The topological polar surface area (TPSA) is 53.0 Å². The molecule has 1 unspecified atom stereocenters. The van der Waals surface area contributed by atoms with Gasteiger partial charge in [-0.1, -0.05) is 13.3 Å². The summed E-state index contributed by atoms with van der Waals surface area (Å²) >= 11 is 0. The Balaban J connectivity index is 2.17. The summed E-state index contributed by atoms with van der Waals surface area (Å²) in [5.74, 6) is 0.812. The van der Waals surface area contributed by atoms with Gasteiger partial charge in [-0.15, -0.1) is 0 Å². The first kappa shape index (κ1) is 11.8. The molecule has 1 aromatic carbocycles. The molecule has 1 heterocycles. The van der Waals surface area contributed by atoms with Crippen molar-refractivity contribution in [2.45, 2.75) is 26.2 Å². The zero-order valence-corrected chi connectivity index (χ0v) is 10.3. The lowest BCUT2D eigenvalue weighted by molar-refractivity contribution is 0.569. The second-order valence-electron chi connectivity index (χ2n) is 4.73. The van der Waals surface area contributed by atoms with Gasteiger partial charge in [-0.05, 0) is 36.1 Å². The maximum atomic E-state index is 8.76. The van der Waals surface area contributed by atoms with Crippen molar-refractivity contribution in [1.29, 1.82) is 5.26 Å². The molecule has 1 aliphatic rings. The molecule has 90 valence electrons. The zero-order valence-electron chi connectivity index (χ0n) is 10.3. The van der Waals surface area contributed by atoms with E-state index in [0.717, 1.165) is 30.3 Å². The van der Waals surface area contributed by atoms with Crippen LogP contribution in [0.15, 0.2) is 18.2 Å². The minimum Gasteiger partial charge on any atom is -0.398 e. The van der Waals surface area contributed by atoms with Gasteiger partial charge in [-0.3, -0.25) is 0 Å². The summed E-state index contributed by atoms with van der Waals surface area (Å²) in [5.41, 5.74) is 8.74. The predicted molar refractivity (Wildman–Crippen MR) is 70.8 cm³/mol. The van der Waals surface area contributed by atoms with Crippen LogP contribution in [0.25, 0.3) is 0 Å². The maximum Gasteiger partial charge on any atom is 0.0670 e. The van der Waals surface area contributed by atoms with Gasteiger partial charge in [0.15, 0.2) is 0 Å². The SMILES string of the molecule is CCC1CCN(c2ccc(N)c(CC#N)c2)C1. The van der Waals surface area contributed by atoms with Gasteiger partial charge < -0.3 is 10.6 Å². The first-order valence-electron chi connectivity index (χ1n) is 6.25. The minimum absolute atomic E-state index is 0.394. The first-order chi connectivity index (χ1) is 8.24. The summed E-state index contributed by atoms with van der Waals surface area (Å²) in [7, 11) is 0. The number of rotatable bonds is 3. The molecule has 3 nitrogen and oxygen atoms in total. The summed E-state index contributed by atoms with van der Waals surface area (Å²) in [5, 5.41) is 8.76. The van der Waals surface area contributed by atoms with Crippen molar-refractivity contribution in [3.05, 3.63) is 23.8 Å². The number of hydrogen-bond acceptors (Lipinski definition) is 3. The molecule has 1 fully saturated rings. The smallest absolute Gasteiger partial charge is 0.0670 e. The van der Waals surface area contributed by atoms with Crippen LogP contribution in [0.2, 0.25) is 0 Å². The van der Waals surface area contributed by atoms with Gasteiger partial charge in [-0.2, -0.15) is 5.26 Å². The average molecular weight is 229 g/mol. The molecule has 17 heavy (non-hydrogen) atoms. The number of anilines is 2. The van der Waals surface area contributed by atoms with Gasteiger partial charge in [0.1, 0.15) is 0 Å². The molecule has 1 saturated heterocycles. The summed E-state index contributed by atoms with van der Waals surface area (Å²) < 4.78 is 0. The van der Waals surface area contributed by atoms with E-state index in [2.05, 4.69) is 30.0 Å². The van der Waals surface area contributed by atoms with Crippen LogP contribution in [0.4, 0.5) is 11.4 Å². The number of nitrogen functional groups attached to an aromatic ring is 1. The number of nitrogens with zero attached hydrogens (tertiary/aromatic N) is 2. The number of nitriles is 1. The second-order valence-corrected chi connectivity index (χ2v) is 4.73. The molecule has 1 aliphatic heterocycles. The summed E-state index contributed by atoms with van der Waals surface area (Å²) in [4.78, 5) is 2.40. The quantitative estimate of drug-likeness (QED) is 0.810. The van der Waals surface area contributed by atoms with Crippen molar-refractivity contribution < 1.29 is 0 Å². The largest absolute Gasteiger partial charge is 0.398 e. The minimum atomic E-state index is 0.394. The Morgan fingerprint density at radius 2 is 2.35 bits per heavy atom. The van der Waals surface area contributed by atoms with E-state index in [1.807, 2.05) is 6.07 Å². The maximum absolute atomic E-state index is 8.76. The molecule has 2 N–H and O–H groups in total. The standard InChI is InChI=1S/C14H19N3/c1-2-11-6-8-17(10-11)13-3-4-14(16)12(9-13)5-7-15/h3-4,9,11H,2,5-6,8,10,16H2,1H3. The fourth-order valence-electron chi connectivity index (χ4n) is 2.43. The molecular formula is C14H19N3. The van der Waals surface area contributed by atoms with Gasteiger partial charge in [0.25, 0.3) is 0 Å². The molecule has 1 aromatic rings. The fourth-order valence-corrected chi connectivity index (χ4v) is 2.43. The van der Waals surface area contributed by atoms with Crippen molar-refractivity contribution in [3.8, 4) is 6.07 Å². The molecule has 0 radical (unpaired) electrons. The molecule has 2 rings (SSSR count). The summed E-state index contributed by atoms with van der Waals surface area (Å²) in [6.45, 7) is 4.50. The molecule has 0 spiro atoms. The third-order valence-electron chi connectivity index (χ3n) is 3.62. The highest BCUT2D eigenvalue weighted by molar-refractivity contribution is 5.59. The third kappa shape index (κ3) is 2.52. The molecule has 3 heteroatoms. The van der Waals surface area contributed by atoms with Crippen LogP contribution >= 0.6 is 0 Å². The lowest BCUT2D eigenvalue weighted by Crippen LogP contribution is -2.19. The normalized spacial score (nSPS) is 19.3. The Labute approximate surface area is 103 Å². The van der Waals surface area contributed by atoms with E-state index in [4.69, 9.17) is 11.0 Å². The van der Waals surface area contributed by atoms with Crippen LogP contribution in [0.5, 0.6) is 0 Å². The van der Waals surface area contributed by atoms with E-state index in [-0.39, 0.29) is 0 Å². The van der Waals surface area contributed by atoms with Gasteiger partial charge in [0.2, 0.25) is 0 Å². The van der Waals surface area contributed by atoms with Crippen LogP contribution in [0.1, 0.15) is 25.3 Å². The van der Waals surface area contributed by atoms with Crippen molar-refractivity contribution in [2.24, 2.45) is 5.92 Å². The van der Waals surface area contributed by atoms with Crippen molar-refractivity contribution in [3.63, 3.8) is 0 Å². The Hall–Kier alpha value is -1.69. The van der Waals surface area contributed by atoms with Crippen LogP contribution in [0, 0.1) is 17.2 Å². The number of nitrogens with two attached hydrogens (primary N) is 1. The van der Waals surface area contributed by atoms with Gasteiger partial charge >= 0.3 is 0 Å². The predicted octanol–water partition coefficient (Wildman–Crippen LogP) is 2.57. The second kappa shape index (κ2) is 5.09. The van der Waals surface area contributed by atoms with Crippen LogP contribution in [0.3, 0.4) is 0 Å². The van der Waals surface area contributed by atoms with E-state index in [1.165, 1.54) is 18.5 Å². The van der Waals surface area contributed by atoms with E-state index < -0.39 is 0 Å². The Bertz CT molecular complexity index is 434. The van der Waals surface area contributed by atoms with Crippen LogP contribution in [-0.2, 0) is 6.42 Å². The monoisotopic (exact) mass is 229 g/mol. The Morgan fingerprint density at radius 3 is 3.00 bits per heavy atom. The highest BCUT2D eigenvalue weighted by atomic mass is 15.1. The highest BCUT2D eigenvalue weighted by Gasteiger charge is 2.21. The van der Waals surface area contributed by atoms with Crippen molar-refractivity contribution in [2.75, 3.05) is 23.7 Å². The van der Waals surface area contributed by atoms with E-state index in [0.29, 0.717) is 6.42 Å². The van der Waals surface area contributed by atoms with Crippen LogP contribution < -0.4 is 10.6 Å². The fraction of sp³-hybridized carbons (Fsp3) is 0.500. The summed E-state index contributed by atoms with van der Waals surface area (Å²) in [6.07, 6.45) is 2.91. The number of benzene rings is 1. The molecule has 0 aliphatic carbocycles. The Morgan fingerprint density at radius 1 is 1.53 bits per heavy atom. The highest BCUT2D eigenvalue weighted by Crippen LogP contribution is 2.28. The van der Waals surface area contributed by atoms with E-state index in [9.17, 15) is 0 Å². The molecule has 0 amide bonds. The molecule has 0 bridgehead atoms. The van der Waals surface area contributed by atoms with Gasteiger partial charge in [0, 0.05) is 24.5 Å². The number of hydrogen-bond donors (Lipinski definition) is 1. The van der Waals surface area contributed by atoms with Crippen molar-refractivity contribution in [1.82, 2.24) is 0 Å². The third-order valence-corrected chi connectivity index (χ3v) is 3.62. The molecule has 0 saturated carbocycles. The lowest BCUT2D eigenvalue weighted by Gasteiger charge is -2.19. The average Bonchev–Trinajstić information content (AvgIpc) is 2.81. The molecule has 1 atom stereocenters. The molecule has 0 aromatic heterocycles. The first-order valence-corrected chi connectivity index (χ1v) is 6.25. The van der Waals surface area contributed by atoms with E-state index >= 15 is 0 Å². The summed E-state index contributed by atoms with van der Waals surface area (Å²) in [6, 6.07) is 8.21.